The molecule has 0 spiro atoms. The van der Waals surface area contributed by atoms with E-state index >= 15 is 0 Å². The third-order valence-electron chi connectivity index (χ3n) is 3.14. The van der Waals surface area contributed by atoms with E-state index < -0.39 is 5.91 Å². The molecule has 5 nitrogen and oxygen atoms in total. The molecule has 2 aromatic rings. The highest BCUT2D eigenvalue weighted by atomic mass is 35.5. The van der Waals surface area contributed by atoms with Crippen LogP contribution in [0.3, 0.4) is 0 Å². The number of hydrogen-bond acceptors (Lipinski definition) is 4. The van der Waals surface area contributed by atoms with E-state index in [0.29, 0.717) is 21.5 Å². The number of hydrazine groups is 1. The second-order valence-corrected chi connectivity index (χ2v) is 6.82. The van der Waals surface area contributed by atoms with Crippen LogP contribution in [0, 0.1) is 0 Å². The van der Waals surface area contributed by atoms with E-state index in [4.69, 9.17) is 27.9 Å². The molecule has 0 aromatic heterocycles. The van der Waals surface area contributed by atoms with Gasteiger partial charge in [0, 0.05) is 15.8 Å². The molecular weight excluding hydrogens is 383 g/mol. The normalized spacial score (nSPS) is 10.2. The number of ether oxygens (including phenoxy) is 1. The second-order valence-electron chi connectivity index (χ2n) is 4.97. The molecule has 0 atom stereocenters. The number of hydrogen-bond donors (Lipinski definition) is 2. The predicted molar refractivity (Wildman–Crippen MR) is 101 cm³/mol. The first-order valence-corrected chi connectivity index (χ1v) is 9.15. The lowest BCUT2D eigenvalue weighted by Gasteiger charge is -2.10. The van der Waals surface area contributed by atoms with Crippen LogP contribution in [-0.4, -0.2) is 24.7 Å². The van der Waals surface area contributed by atoms with Gasteiger partial charge in [-0.25, -0.2) is 0 Å². The van der Waals surface area contributed by atoms with Crippen molar-refractivity contribution in [3.63, 3.8) is 0 Å². The van der Waals surface area contributed by atoms with Gasteiger partial charge in [0.05, 0.1) is 18.4 Å². The Morgan fingerprint density at radius 3 is 2.40 bits per heavy atom. The number of nitrogens with one attached hydrogen (secondary N) is 2. The summed E-state index contributed by atoms with van der Waals surface area (Å²) in [6.07, 6.45) is 0. The maximum atomic E-state index is 12.1. The lowest BCUT2D eigenvalue weighted by molar-refractivity contribution is -0.119. The van der Waals surface area contributed by atoms with Gasteiger partial charge in [-0.3, -0.25) is 20.4 Å². The molecule has 0 aliphatic heterocycles. The van der Waals surface area contributed by atoms with Gasteiger partial charge in [-0.1, -0.05) is 35.3 Å². The Bertz CT molecular complexity index is 754. The molecule has 0 aliphatic carbocycles. The Morgan fingerprint density at radius 1 is 1.04 bits per heavy atom. The van der Waals surface area contributed by atoms with Crippen LogP contribution in [0.5, 0.6) is 5.75 Å². The number of thioether (sulfide) groups is 1. The average Bonchev–Trinajstić information content (AvgIpc) is 2.61. The van der Waals surface area contributed by atoms with Gasteiger partial charge in [0.25, 0.3) is 5.91 Å². The molecule has 25 heavy (non-hydrogen) atoms. The highest BCUT2D eigenvalue weighted by Crippen LogP contribution is 2.22. The summed E-state index contributed by atoms with van der Waals surface area (Å²) in [4.78, 5) is 23.9. The Hall–Kier alpha value is -1.89. The van der Waals surface area contributed by atoms with Crippen LogP contribution in [0.25, 0.3) is 0 Å². The number of carbonyl (C=O) groups excluding carboxylic acids is 2. The zero-order chi connectivity index (χ0) is 18.2. The van der Waals surface area contributed by atoms with E-state index in [1.807, 2.05) is 12.1 Å². The molecule has 0 unspecified atom stereocenters. The first-order valence-electron chi connectivity index (χ1n) is 7.24. The lowest BCUT2D eigenvalue weighted by Crippen LogP contribution is -2.42. The molecule has 0 heterocycles. The van der Waals surface area contributed by atoms with Crippen LogP contribution in [0.4, 0.5) is 0 Å². The molecule has 0 saturated carbocycles. The van der Waals surface area contributed by atoms with E-state index in [1.165, 1.54) is 24.9 Å². The molecule has 0 bridgehead atoms. The summed E-state index contributed by atoms with van der Waals surface area (Å²) >= 11 is 13.1. The van der Waals surface area contributed by atoms with Gasteiger partial charge in [-0.2, -0.15) is 0 Å². The average molecular weight is 399 g/mol. The highest BCUT2D eigenvalue weighted by molar-refractivity contribution is 7.99. The summed E-state index contributed by atoms with van der Waals surface area (Å²) in [7, 11) is 1.45. The van der Waals surface area contributed by atoms with Crippen LogP contribution >= 0.6 is 35.0 Å². The van der Waals surface area contributed by atoms with Gasteiger partial charge >= 0.3 is 0 Å². The largest absolute Gasteiger partial charge is 0.496 e. The van der Waals surface area contributed by atoms with E-state index in [1.54, 1.807) is 24.3 Å². The van der Waals surface area contributed by atoms with E-state index in [9.17, 15) is 9.59 Å². The molecule has 0 aliphatic rings. The maximum absolute atomic E-state index is 12.1. The second kappa shape index (κ2) is 9.56. The molecular formula is C17H16Cl2N2O3S. The SMILES string of the molecule is COc1ccc(Cl)cc1C(=O)NNC(=O)CSCc1ccc(Cl)cc1. The number of rotatable bonds is 6. The number of amides is 2. The van der Waals surface area contributed by atoms with Crippen molar-refractivity contribution in [2.24, 2.45) is 0 Å². The summed E-state index contributed by atoms with van der Waals surface area (Å²) in [5.74, 6) is 0.424. The van der Waals surface area contributed by atoms with Crippen molar-refractivity contribution >= 4 is 46.8 Å². The van der Waals surface area contributed by atoms with Crippen molar-refractivity contribution in [1.29, 1.82) is 0 Å². The van der Waals surface area contributed by atoms with Crippen molar-refractivity contribution in [3.05, 3.63) is 63.6 Å². The predicted octanol–water partition coefficient (Wildman–Crippen LogP) is 3.70. The third-order valence-corrected chi connectivity index (χ3v) is 4.63. The molecule has 2 amide bonds. The topological polar surface area (TPSA) is 67.4 Å². The van der Waals surface area contributed by atoms with Crippen LogP contribution in [0.1, 0.15) is 15.9 Å². The Morgan fingerprint density at radius 2 is 1.72 bits per heavy atom. The summed E-state index contributed by atoms with van der Waals surface area (Å²) in [6.45, 7) is 0. The van der Waals surface area contributed by atoms with E-state index in [2.05, 4.69) is 10.9 Å². The smallest absolute Gasteiger partial charge is 0.273 e. The quantitative estimate of drug-likeness (QED) is 0.727. The van der Waals surface area contributed by atoms with Crippen molar-refractivity contribution in [2.75, 3.05) is 12.9 Å². The number of halogens is 2. The Balaban J connectivity index is 1.78. The molecule has 8 heteroatoms. The number of carbonyl (C=O) groups is 2. The fourth-order valence-corrected chi connectivity index (χ4v) is 3.02. The standard InChI is InChI=1S/C17H16Cl2N2O3S/c1-24-15-7-6-13(19)8-14(15)17(23)21-20-16(22)10-25-9-11-2-4-12(18)5-3-11/h2-8H,9-10H2,1H3,(H,20,22)(H,21,23). The maximum Gasteiger partial charge on any atom is 0.273 e. The summed E-state index contributed by atoms with van der Waals surface area (Å²) in [5, 5.41) is 1.07. The monoisotopic (exact) mass is 398 g/mol. The molecule has 2 N–H and O–H groups in total. The number of benzene rings is 2. The highest BCUT2D eigenvalue weighted by Gasteiger charge is 2.13. The van der Waals surface area contributed by atoms with Crippen LogP contribution < -0.4 is 15.6 Å². The van der Waals surface area contributed by atoms with Gasteiger partial charge in [-0.05, 0) is 35.9 Å². The Labute approximate surface area is 160 Å². The summed E-state index contributed by atoms with van der Waals surface area (Å²) in [5.41, 5.74) is 6.02. The van der Waals surface area contributed by atoms with E-state index in [0.717, 1.165) is 5.56 Å². The van der Waals surface area contributed by atoms with Gasteiger partial charge in [0.15, 0.2) is 0 Å². The summed E-state index contributed by atoms with van der Waals surface area (Å²) in [6, 6.07) is 12.1. The fourth-order valence-electron chi connectivity index (χ4n) is 1.93. The third kappa shape index (κ3) is 6.16. The lowest BCUT2D eigenvalue weighted by atomic mass is 10.2. The first-order chi connectivity index (χ1) is 12.0. The van der Waals surface area contributed by atoms with Crippen molar-refractivity contribution in [3.8, 4) is 5.75 Å². The van der Waals surface area contributed by atoms with Gasteiger partial charge in [0.2, 0.25) is 5.91 Å². The molecule has 132 valence electrons. The zero-order valence-corrected chi connectivity index (χ0v) is 15.7. The molecule has 0 saturated heterocycles. The zero-order valence-electron chi connectivity index (χ0n) is 13.3. The van der Waals surface area contributed by atoms with Crippen LogP contribution in [-0.2, 0) is 10.5 Å². The van der Waals surface area contributed by atoms with Gasteiger partial charge < -0.3 is 4.74 Å². The molecule has 2 aromatic carbocycles. The fraction of sp³-hybridized carbons (Fsp3) is 0.176. The van der Waals surface area contributed by atoms with Gasteiger partial charge in [-0.15, -0.1) is 11.8 Å². The van der Waals surface area contributed by atoms with E-state index in [-0.39, 0.29) is 17.2 Å². The van der Waals surface area contributed by atoms with Gasteiger partial charge in [0.1, 0.15) is 5.75 Å². The summed E-state index contributed by atoms with van der Waals surface area (Å²) < 4.78 is 5.10. The van der Waals surface area contributed by atoms with Crippen LogP contribution in [0.2, 0.25) is 10.0 Å². The Kier molecular flexibility index (Phi) is 7.43. The minimum absolute atomic E-state index is 0.204. The molecule has 0 fully saturated rings. The minimum Gasteiger partial charge on any atom is -0.496 e. The minimum atomic E-state index is -0.504. The van der Waals surface area contributed by atoms with Crippen molar-refractivity contribution < 1.29 is 14.3 Å². The number of methoxy groups -OCH3 is 1. The first kappa shape index (κ1) is 19.4. The molecule has 2 rings (SSSR count). The molecule has 0 radical (unpaired) electrons. The van der Waals surface area contributed by atoms with Crippen LogP contribution in [0.15, 0.2) is 42.5 Å². The van der Waals surface area contributed by atoms with Crippen molar-refractivity contribution in [1.82, 2.24) is 10.9 Å². The van der Waals surface area contributed by atoms with Crippen molar-refractivity contribution in [2.45, 2.75) is 5.75 Å².